The van der Waals surface area contributed by atoms with E-state index in [1.165, 1.54) is 22.3 Å². The summed E-state index contributed by atoms with van der Waals surface area (Å²) in [6.45, 7) is 2.50. The molecule has 0 unspecified atom stereocenters. The first-order chi connectivity index (χ1) is 17.1. The van der Waals surface area contributed by atoms with Crippen LogP contribution in [0.5, 0.6) is 0 Å². The van der Waals surface area contributed by atoms with Gasteiger partial charge in [-0.1, -0.05) is 78.9 Å². The third kappa shape index (κ3) is 4.35. The lowest BCUT2D eigenvalue weighted by Gasteiger charge is -2.18. The zero-order valence-electron chi connectivity index (χ0n) is 19.3. The minimum Gasteiger partial charge on any atom is -0.449 e. The van der Waals surface area contributed by atoms with Gasteiger partial charge in [0.05, 0.1) is 0 Å². The molecule has 4 aromatic carbocycles. The van der Waals surface area contributed by atoms with E-state index >= 15 is 0 Å². The molecule has 0 spiro atoms. The van der Waals surface area contributed by atoms with Gasteiger partial charge in [-0.25, -0.2) is 4.79 Å². The second-order valence-electron chi connectivity index (χ2n) is 8.63. The molecule has 174 valence electrons. The minimum atomic E-state index is -0.478. The van der Waals surface area contributed by atoms with Gasteiger partial charge in [0.1, 0.15) is 6.61 Å². The molecule has 0 fully saturated rings. The fourth-order valence-corrected chi connectivity index (χ4v) is 5.11. The van der Waals surface area contributed by atoms with E-state index in [0.717, 1.165) is 33.4 Å². The summed E-state index contributed by atoms with van der Waals surface area (Å²) in [4.78, 5) is 25.2. The Hall–Kier alpha value is -3.83. The summed E-state index contributed by atoms with van der Waals surface area (Å²) in [5, 5.41) is 2.89. The Morgan fingerprint density at radius 3 is 2.14 bits per heavy atom. The highest BCUT2D eigenvalue weighted by Gasteiger charge is 2.29. The number of amides is 1. The predicted molar refractivity (Wildman–Crippen MR) is 141 cm³/mol. The highest BCUT2D eigenvalue weighted by atomic mass is 32.1. The highest BCUT2D eigenvalue weighted by Crippen LogP contribution is 2.44. The number of hydrogen-bond acceptors (Lipinski definition) is 4. The van der Waals surface area contributed by atoms with Crippen LogP contribution in [0, 0.1) is 6.92 Å². The summed E-state index contributed by atoms with van der Waals surface area (Å²) >= 11 is 4.57. The summed E-state index contributed by atoms with van der Waals surface area (Å²) in [6.07, 6.45) is 0.372. The summed E-state index contributed by atoms with van der Waals surface area (Å²) < 4.78 is 5.68. The average molecular weight is 480 g/mol. The van der Waals surface area contributed by atoms with Crippen LogP contribution in [0.2, 0.25) is 0 Å². The first-order valence-electron chi connectivity index (χ1n) is 11.5. The number of alkyl carbamates (subject to hydrolysis) is 1. The number of carbonyl (C=O) groups excluding carboxylic acids is 2. The second kappa shape index (κ2) is 9.80. The van der Waals surface area contributed by atoms with Gasteiger partial charge in [0.25, 0.3) is 0 Å². The maximum absolute atomic E-state index is 12.7. The minimum absolute atomic E-state index is 0.00823. The number of aldehydes is 1. The van der Waals surface area contributed by atoms with Gasteiger partial charge in [0.15, 0.2) is 6.29 Å². The van der Waals surface area contributed by atoms with Gasteiger partial charge >= 0.3 is 6.09 Å². The number of benzene rings is 4. The van der Waals surface area contributed by atoms with Crippen molar-refractivity contribution in [3.05, 3.63) is 113 Å². The number of ether oxygens (including phenoxy) is 1. The summed E-state index contributed by atoms with van der Waals surface area (Å²) in [7, 11) is 0. The van der Waals surface area contributed by atoms with E-state index < -0.39 is 6.09 Å². The van der Waals surface area contributed by atoms with Crippen molar-refractivity contribution >= 4 is 25.0 Å². The Kier molecular flexibility index (Phi) is 6.43. The molecule has 0 aromatic heterocycles. The Morgan fingerprint density at radius 1 is 0.886 bits per heavy atom. The molecule has 0 saturated heterocycles. The number of rotatable bonds is 6. The zero-order valence-corrected chi connectivity index (χ0v) is 20.2. The Labute approximate surface area is 210 Å². The van der Waals surface area contributed by atoms with E-state index in [0.29, 0.717) is 5.56 Å². The van der Waals surface area contributed by atoms with Crippen molar-refractivity contribution < 1.29 is 14.3 Å². The molecule has 1 aliphatic rings. The molecule has 0 saturated carbocycles. The van der Waals surface area contributed by atoms with Crippen LogP contribution in [0.15, 0.2) is 89.8 Å². The normalized spacial score (nSPS) is 12.1. The van der Waals surface area contributed by atoms with Gasteiger partial charge in [-0.3, -0.25) is 4.79 Å². The quantitative estimate of drug-likeness (QED) is 0.236. The molecule has 1 N–H and O–H groups in total. The molecular formula is C30H25NO3S. The average Bonchev–Trinajstić information content (AvgIpc) is 3.22. The maximum atomic E-state index is 12.7. The van der Waals surface area contributed by atoms with Gasteiger partial charge in [-0.05, 0) is 57.5 Å². The molecule has 5 heteroatoms. The number of thiol groups is 1. The fourth-order valence-electron chi connectivity index (χ4n) is 4.92. The van der Waals surface area contributed by atoms with Crippen LogP contribution in [0.4, 0.5) is 4.79 Å². The lowest BCUT2D eigenvalue weighted by molar-refractivity contribution is 0.112. The molecule has 1 aliphatic carbocycles. The number of hydrogen-bond donors (Lipinski definition) is 2. The molecule has 0 aliphatic heterocycles. The van der Waals surface area contributed by atoms with Gasteiger partial charge in [-0.2, -0.15) is 0 Å². The molecule has 0 radical (unpaired) electrons. The van der Waals surface area contributed by atoms with Gasteiger partial charge in [-0.15, -0.1) is 12.6 Å². The molecule has 0 atom stereocenters. The highest BCUT2D eigenvalue weighted by molar-refractivity contribution is 7.80. The maximum Gasteiger partial charge on any atom is 0.407 e. The van der Waals surface area contributed by atoms with E-state index in [-0.39, 0.29) is 19.1 Å². The van der Waals surface area contributed by atoms with Crippen molar-refractivity contribution in [1.29, 1.82) is 0 Å². The summed E-state index contributed by atoms with van der Waals surface area (Å²) in [5.41, 5.74) is 8.90. The van der Waals surface area contributed by atoms with E-state index in [4.69, 9.17) is 4.74 Å². The van der Waals surface area contributed by atoms with E-state index in [9.17, 15) is 9.59 Å². The monoisotopic (exact) mass is 479 g/mol. The fraction of sp³-hybridized carbons (Fsp3) is 0.133. The first kappa shape index (κ1) is 22.9. The summed E-state index contributed by atoms with van der Waals surface area (Å²) in [5.74, 6) is 0.00823. The largest absolute Gasteiger partial charge is 0.449 e. The number of carbonyl (C=O) groups is 2. The van der Waals surface area contributed by atoms with Crippen molar-refractivity contribution in [1.82, 2.24) is 5.32 Å². The number of nitrogens with one attached hydrogen (secondary N) is 1. The van der Waals surface area contributed by atoms with Crippen LogP contribution in [0.3, 0.4) is 0 Å². The third-order valence-electron chi connectivity index (χ3n) is 6.65. The van der Waals surface area contributed by atoms with Crippen molar-refractivity contribution in [3.63, 3.8) is 0 Å². The van der Waals surface area contributed by atoms with E-state index in [2.05, 4.69) is 42.2 Å². The second-order valence-corrected chi connectivity index (χ2v) is 9.11. The van der Waals surface area contributed by atoms with E-state index in [1.807, 2.05) is 61.5 Å². The van der Waals surface area contributed by atoms with Crippen LogP contribution in [-0.2, 0) is 11.3 Å². The lowest BCUT2D eigenvalue weighted by atomic mass is 9.92. The van der Waals surface area contributed by atoms with Crippen LogP contribution in [0.1, 0.15) is 38.5 Å². The Morgan fingerprint density at radius 2 is 1.49 bits per heavy atom. The molecule has 35 heavy (non-hydrogen) atoms. The Bertz CT molecular complexity index is 1380. The molecule has 0 heterocycles. The van der Waals surface area contributed by atoms with E-state index in [1.54, 1.807) is 6.07 Å². The van der Waals surface area contributed by atoms with Crippen molar-refractivity contribution in [2.24, 2.45) is 0 Å². The molecule has 4 nitrogen and oxygen atoms in total. The van der Waals surface area contributed by atoms with Crippen molar-refractivity contribution in [2.45, 2.75) is 24.3 Å². The van der Waals surface area contributed by atoms with Crippen LogP contribution >= 0.6 is 12.6 Å². The van der Waals surface area contributed by atoms with Crippen molar-refractivity contribution in [3.8, 4) is 22.3 Å². The molecule has 4 aromatic rings. The molecule has 0 bridgehead atoms. The first-order valence-corrected chi connectivity index (χ1v) is 12.0. The van der Waals surface area contributed by atoms with Gasteiger partial charge in [0, 0.05) is 22.9 Å². The molecule has 1 amide bonds. The van der Waals surface area contributed by atoms with Crippen LogP contribution in [-0.4, -0.2) is 19.0 Å². The standard InChI is InChI=1S/C30H25NO3S/c1-19-28(35)15-14-20(29(19)22-9-3-2-8-21(22)17-32)16-31-30(33)34-18-27-25-12-6-4-10-23(25)24-11-5-7-13-26(24)27/h2-15,17,27,35H,16,18H2,1H3,(H,31,33). The topological polar surface area (TPSA) is 55.4 Å². The predicted octanol–water partition coefficient (Wildman–Crippen LogP) is 6.80. The van der Waals surface area contributed by atoms with Crippen LogP contribution in [0.25, 0.3) is 22.3 Å². The van der Waals surface area contributed by atoms with Gasteiger partial charge < -0.3 is 10.1 Å². The molecule has 5 rings (SSSR count). The smallest absolute Gasteiger partial charge is 0.407 e. The third-order valence-corrected chi connectivity index (χ3v) is 7.13. The van der Waals surface area contributed by atoms with Crippen molar-refractivity contribution in [2.75, 3.05) is 6.61 Å². The van der Waals surface area contributed by atoms with Crippen LogP contribution < -0.4 is 5.32 Å². The Balaban J connectivity index is 1.33. The number of fused-ring (bicyclic) bond motifs is 3. The van der Waals surface area contributed by atoms with Gasteiger partial charge in [0.2, 0.25) is 0 Å². The lowest BCUT2D eigenvalue weighted by Crippen LogP contribution is -2.26. The molecular weight excluding hydrogens is 454 g/mol. The zero-order chi connectivity index (χ0) is 24.4. The SMILES string of the molecule is Cc1c(S)ccc(CNC(=O)OCC2c3ccccc3-c3ccccc32)c1-c1ccccc1C=O. The summed E-state index contributed by atoms with van der Waals surface area (Å²) in [6, 6.07) is 27.8.